The second kappa shape index (κ2) is 4.39. The molecule has 0 saturated heterocycles. The first-order valence-electron chi connectivity index (χ1n) is 6.33. The summed E-state index contributed by atoms with van der Waals surface area (Å²) in [6, 6.07) is 6.12. The van der Waals surface area contributed by atoms with Gasteiger partial charge in [-0.15, -0.1) is 5.10 Å². The predicted molar refractivity (Wildman–Crippen MR) is 70.2 cm³/mol. The molecule has 2 aromatic rings. The van der Waals surface area contributed by atoms with E-state index in [1.807, 2.05) is 19.1 Å². The third-order valence-corrected chi connectivity index (χ3v) is 3.82. The molecule has 3 rings (SSSR count). The molecule has 0 atom stereocenters. The molecule has 0 spiro atoms. The molecular formula is C14H14N4O. The fourth-order valence-corrected chi connectivity index (χ4v) is 2.53. The van der Waals surface area contributed by atoms with E-state index in [9.17, 15) is 0 Å². The zero-order chi connectivity index (χ0) is 13.4. The lowest BCUT2D eigenvalue weighted by Gasteiger charge is -2.28. The Balaban J connectivity index is 2.20. The molecule has 5 heteroatoms. The Labute approximate surface area is 111 Å². The Hall–Kier alpha value is -2.35. The van der Waals surface area contributed by atoms with Crippen LogP contribution in [0.3, 0.4) is 0 Å². The number of rotatable bonds is 2. The first-order valence-corrected chi connectivity index (χ1v) is 6.33. The van der Waals surface area contributed by atoms with Crippen LogP contribution in [0.25, 0.3) is 11.5 Å². The second-order valence-electron chi connectivity index (χ2n) is 4.89. The first-order chi connectivity index (χ1) is 9.20. The summed E-state index contributed by atoms with van der Waals surface area (Å²) in [5.41, 5.74) is 9.09. The Morgan fingerprint density at radius 2 is 2.16 bits per heavy atom. The molecule has 0 radical (unpaired) electrons. The van der Waals surface area contributed by atoms with E-state index in [4.69, 9.17) is 15.4 Å². The number of nitrogens with two attached hydrogens (primary N) is 1. The number of benzene rings is 1. The van der Waals surface area contributed by atoms with Gasteiger partial charge in [0.1, 0.15) is 0 Å². The van der Waals surface area contributed by atoms with E-state index < -0.39 is 0 Å². The second-order valence-corrected chi connectivity index (χ2v) is 4.89. The quantitative estimate of drug-likeness (QED) is 0.890. The van der Waals surface area contributed by atoms with E-state index in [1.165, 1.54) is 24.8 Å². The maximum atomic E-state index is 9.15. The molecule has 0 bridgehead atoms. The summed E-state index contributed by atoms with van der Waals surface area (Å²) in [5.74, 6) is 0.934. The highest BCUT2D eigenvalue weighted by atomic mass is 16.4. The molecule has 0 amide bonds. The van der Waals surface area contributed by atoms with Crippen molar-refractivity contribution in [2.45, 2.75) is 32.1 Å². The van der Waals surface area contributed by atoms with Crippen LogP contribution in [0.15, 0.2) is 16.5 Å². The van der Waals surface area contributed by atoms with Crippen LogP contribution in [0.4, 0.5) is 6.01 Å². The third-order valence-electron chi connectivity index (χ3n) is 3.82. The smallest absolute Gasteiger partial charge is 0.313 e. The lowest BCUT2D eigenvalue weighted by Crippen LogP contribution is -2.11. The molecule has 1 fully saturated rings. The van der Waals surface area contributed by atoms with Gasteiger partial charge in [-0.25, -0.2) is 0 Å². The van der Waals surface area contributed by atoms with E-state index in [2.05, 4.69) is 16.3 Å². The highest BCUT2D eigenvalue weighted by Crippen LogP contribution is 2.42. The Kier molecular flexibility index (Phi) is 2.71. The average molecular weight is 254 g/mol. The molecular weight excluding hydrogens is 240 g/mol. The summed E-state index contributed by atoms with van der Waals surface area (Å²) >= 11 is 0. The van der Waals surface area contributed by atoms with Gasteiger partial charge in [0.25, 0.3) is 0 Å². The molecule has 0 unspecified atom stereocenters. The minimum Gasteiger partial charge on any atom is -0.404 e. The van der Waals surface area contributed by atoms with Crippen LogP contribution in [-0.2, 0) is 0 Å². The topological polar surface area (TPSA) is 88.7 Å². The van der Waals surface area contributed by atoms with Gasteiger partial charge in [0.15, 0.2) is 0 Å². The normalized spacial score (nSPS) is 14.9. The zero-order valence-electron chi connectivity index (χ0n) is 10.7. The van der Waals surface area contributed by atoms with Crippen molar-refractivity contribution >= 4 is 6.01 Å². The van der Waals surface area contributed by atoms with Crippen LogP contribution in [0, 0.1) is 18.3 Å². The first kappa shape index (κ1) is 11.7. The van der Waals surface area contributed by atoms with Crippen LogP contribution in [-0.4, -0.2) is 10.2 Å². The van der Waals surface area contributed by atoms with Crippen LogP contribution in [0.2, 0.25) is 0 Å². The minimum absolute atomic E-state index is 0.0521. The van der Waals surface area contributed by atoms with Crippen LogP contribution in [0.1, 0.15) is 41.9 Å². The van der Waals surface area contributed by atoms with Crippen molar-refractivity contribution < 1.29 is 4.42 Å². The SMILES string of the molecule is Cc1c(C#N)ccc(C2CCC2)c1-c1nnc(N)o1. The van der Waals surface area contributed by atoms with Crippen molar-refractivity contribution in [3.8, 4) is 17.5 Å². The van der Waals surface area contributed by atoms with Gasteiger partial charge in [-0.3, -0.25) is 0 Å². The molecule has 1 aromatic heterocycles. The molecule has 1 aliphatic rings. The Morgan fingerprint density at radius 1 is 1.37 bits per heavy atom. The number of aromatic nitrogens is 2. The van der Waals surface area contributed by atoms with Crippen molar-refractivity contribution in [3.05, 3.63) is 28.8 Å². The Bertz CT molecular complexity index is 665. The van der Waals surface area contributed by atoms with Crippen molar-refractivity contribution in [2.24, 2.45) is 0 Å². The fourth-order valence-electron chi connectivity index (χ4n) is 2.53. The molecule has 1 heterocycles. The monoisotopic (exact) mass is 254 g/mol. The van der Waals surface area contributed by atoms with Crippen molar-refractivity contribution in [1.82, 2.24) is 10.2 Å². The van der Waals surface area contributed by atoms with Gasteiger partial charge >= 0.3 is 6.01 Å². The van der Waals surface area contributed by atoms with E-state index in [-0.39, 0.29) is 6.01 Å². The molecule has 1 aromatic carbocycles. The third kappa shape index (κ3) is 1.85. The molecule has 1 saturated carbocycles. The van der Waals surface area contributed by atoms with E-state index in [1.54, 1.807) is 0 Å². The summed E-state index contributed by atoms with van der Waals surface area (Å²) in [6.07, 6.45) is 3.58. The van der Waals surface area contributed by atoms with Crippen molar-refractivity contribution in [1.29, 1.82) is 5.26 Å². The standard InChI is InChI=1S/C14H14N4O/c1-8-10(7-15)5-6-11(9-3-2-4-9)12(8)13-17-18-14(16)19-13/h5-6,9H,2-4H2,1H3,(H2,16,18). The largest absolute Gasteiger partial charge is 0.404 e. The predicted octanol–water partition coefficient (Wildman–Crippen LogP) is 2.77. The summed E-state index contributed by atoms with van der Waals surface area (Å²) in [4.78, 5) is 0. The number of nitriles is 1. The zero-order valence-corrected chi connectivity index (χ0v) is 10.7. The number of hydrogen-bond donors (Lipinski definition) is 1. The van der Waals surface area contributed by atoms with E-state index in [0.29, 0.717) is 17.4 Å². The summed E-state index contributed by atoms with van der Waals surface area (Å²) in [6.45, 7) is 1.91. The summed E-state index contributed by atoms with van der Waals surface area (Å²) < 4.78 is 5.36. The lowest BCUT2D eigenvalue weighted by atomic mass is 9.77. The lowest BCUT2D eigenvalue weighted by molar-refractivity contribution is 0.419. The van der Waals surface area contributed by atoms with Gasteiger partial charge < -0.3 is 10.2 Å². The van der Waals surface area contributed by atoms with Gasteiger partial charge in [-0.05, 0) is 42.9 Å². The minimum atomic E-state index is 0.0521. The van der Waals surface area contributed by atoms with E-state index >= 15 is 0 Å². The molecule has 1 aliphatic carbocycles. The fraction of sp³-hybridized carbons (Fsp3) is 0.357. The average Bonchev–Trinajstić information content (AvgIpc) is 2.74. The maximum absolute atomic E-state index is 9.15. The number of hydrogen-bond acceptors (Lipinski definition) is 5. The van der Waals surface area contributed by atoms with Gasteiger partial charge in [0.05, 0.1) is 11.6 Å². The summed E-state index contributed by atoms with van der Waals surface area (Å²) in [7, 11) is 0. The van der Waals surface area contributed by atoms with Gasteiger partial charge in [0.2, 0.25) is 5.89 Å². The van der Waals surface area contributed by atoms with Crippen LogP contribution < -0.4 is 5.73 Å². The van der Waals surface area contributed by atoms with Crippen LogP contribution >= 0.6 is 0 Å². The highest BCUT2D eigenvalue weighted by Gasteiger charge is 2.26. The van der Waals surface area contributed by atoms with Gasteiger partial charge in [0, 0.05) is 5.56 Å². The molecule has 19 heavy (non-hydrogen) atoms. The van der Waals surface area contributed by atoms with Crippen LogP contribution in [0.5, 0.6) is 0 Å². The number of anilines is 1. The summed E-state index contributed by atoms with van der Waals surface area (Å²) in [5, 5.41) is 16.8. The highest BCUT2D eigenvalue weighted by molar-refractivity contribution is 5.68. The van der Waals surface area contributed by atoms with Crippen molar-refractivity contribution in [3.63, 3.8) is 0 Å². The Morgan fingerprint density at radius 3 is 2.68 bits per heavy atom. The number of nitrogen functional groups attached to an aromatic ring is 1. The van der Waals surface area contributed by atoms with E-state index in [0.717, 1.165) is 11.1 Å². The van der Waals surface area contributed by atoms with Gasteiger partial charge in [-0.2, -0.15) is 5.26 Å². The molecule has 96 valence electrons. The molecule has 0 aliphatic heterocycles. The van der Waals surface area contributed by atoms with Gasteiger partial charge in [-0.1, -0.05) is 17.6 Å². The maximum Gasteiger partial charge on any atom is 0.313 e. The molecule has 5 nitrogen and oxygen atoms in total. The van der Waals surface area contributed by atoms with Crippen molar-refractivity contribution in [2.75, 3.05) is 5.73 Å². The number of nitrogens with zero attached hydrogens (tertiary/aromatic N) is 3. The molecule has 2 N–H and O–H groups in total.